The fraction of sp³-hybridized carbons (Fsp3) is 0.905. The molecule has 0 aliphatic heterocycles. The van der Waals surface area contributed by atoms with Crippen molar-refractivity contribution in [1.82, 2.24) is 0 Å². The maximum Gasteiger partial charge on any atom is 0.106 e. The summed E-state index contributed by atoms with van der Waals surface area (Å²) in [6, 6.07) is 0. The van der Waals surface area contributed by atoms with E-state index in [1.165, 1.54) is 49.9 Å². The summed E-state index contributed by atoms with van der Waals surface area (Å²) in [6.07, 6.45) is 11.5. The van der Waals surface area contributed by atoms with Gasteiger partial charge in [0, 0.05) is 5.41 Å². The number of hydrogen-bond donors (Lipinski definition) is 0. The Morgan fingerprint density at radius 1 is 0.880 bits per heavy atom. The van der Waals surface area contributed by atoms with Crippen molar-refractivity contribution in [3.8, 4) is 0 Å². The van der Waals surface area contributed by atoms with E-state index in [0.29, 0.717) is 5.41 Å². The Kier molecular flexibility index (Phi) is 4.36. The average Bonchev–Trinajstić information content (AvgIpc) is 2.93. The minimum absolute atomic E-state index is 0.289. The van der Waals surface area contributed by atoms with Crippen molar-refractivity contribution in [2.75, 3.05) is 14.2 Å². The second kappa shape index (κ2) is 6.28. The van der Waals surface area contributed by atoms with E-state index in [1.54, 1.807) is 14.2 Å². The van der Waals surface area contributed by atoms with Crippen molar-refractivity contribution in [3.63, 3.8) is 0 Å². The third-order valence-corrected chi connectivity index (χ3v) is 8.66. The first kappa shape index (κ1) is 17.4. The molecule has 0 spiro atoms. The summed E-state index contributed by atoms with van der Waals surface area (Å²) in [5, 5.41) is 8.73. The van der Waals surface area contributed by atoms with Gasteiger partial charge in [-0.1, -0.05) is 24.2 Å². The molecule has 25 heavy (non-hydrogen) atoms. The Hall–Kier alpha value is -1.06. The summed E-state index contributed by atoms with van der Waals surface area (Å²) in [5.41, 5.74) is 3.42. The lowest BCUT2D eigenvalue weighted by Crippen LogP contribution is -2.53. The predicted molar refractivity (Wildman–Crippen MR) is 101 cm³/mol. The van der Waals surface area contributed by atoms with Gasteiger partial charge >= 0.3 is 0 Å². The smallest absolute Gasteiger partial charge is 0.106 e. The highest BCUT2D eigenvalue weighted by Gasteiger charge is 2.59. The van der Waals surface area contributed by atoms with Crippen LogP contribution in [0.3, 0.4) is 0 Å². The molecule has 0 bridgehead atoms. The Bertz CT molecular complexity index is 586. The molecule has 4 aliphatic carbocycles. The van der Waals surface area contributed by atoms with E-state index in [-0.39, 0.29) is 5.41 Å². The largest absolute Gasteiger partial charge is 0.399 e. The van der Waals surface area contributed by atoms with Crippen LogP contribution in [0.2, 0.25) is 0 Å². The van der Waals surface area contributed by atoms with Crippen LogP contribution in [0.5, 0.6) is 0 Å². The molecule has 4 nitrogen and oxygen atoms in total. The van der Waals surface area contributed by atoms with Crippen molar-refractivity contribution in [3.05, 3.63) is 0 Å². The Morgan fingerprint density at radius 2 is 1.68 bits per heavy atom. The number of rotatable bonds is 2. The molecule has 0 radical (unpaired) electrons. The molecule has 0 N–H and O–H groups in total. The number of fused-ring (bicyclic) bond motifs is 5. The Labute approximate surface area is 152 Å². The third-order valence-electron chi connectivity index (χ3n) is 8.66. The van der Waals surface area contributed by atoms with E-state index in [2.05, 4.69) is 24.2 Å². The van der Waals surface area contributed by atoms with Gasteiger partial charge in [-0.25, -0.2) is 0 Å². The van der Waals surface area contributed by atoms with Gasteiger partial charge in [-0.15, -0.1) is 0 Å². The zero-order valence-corrected chi connectivity index (χ0v) is 16.4. The maximum absolute atomic E-state index is 5.18. The summed E-state index contributed by atoms with van der Waals surface area (Å²) < 4.78 is 0. The number of nitrogens with zero attached hydrogens (tertiary/aromatic N) is 2. The summed E-state index contributed by atoms with van der Waals surface area (Å²) in [5.74, 6) is 3.38. The molecular weight excluding hydrogens is 312 g/mol. The molecule has 140 valence electrons. The first-order chi connectivity index (χ1) is 12.0. The van der Waals surface area contributed by atoms with Gasteiger partial charge in [0.05, 0.1) is 11.4 Å². The van der Waals surface area contributed by atoms with E-state index < -0.39 is 0 Å². The molecule has 0 aromatic rings. The molecule has 0 amide bonds. The van der Waals surface area contributed by atoms with Gasteiger partial charge < -0.3 is 9.68 Å². The summed E-state index contributed by atoms with van der Waals surface area (Å²) in [6.45, 7) is 5.07. The van der Waals surface area contributed by atoms with Crippen molar-refractivity contribution in [2.45, 2.75) is 71.6 Å². The molecule has 4 saturated carbocycles. The SMILES string of the molecule is CO/N=C1/CC[C@@]2(C)[C@H](CC[C@@H]3[C@@H]2CC[C@]2(C)/C(=N\OC)CC[C@@H]32)C1. The lowest BCUT2D eigenvalue weighted by atomic mass is 9.45. The lowest BCUT2D eigenvalue weighted by molar-refractivity contribution is -0.0821. The third kappa shape index (κ3) is 2.54. The van der Waals surface area contributed by atoms with E-state index in [9.17, 15) is 0 Å². The Balaban J connectivity index is 1.58. The van der Waals surface area contributed by atoms with Gasteiger partial charge in [-0.3, -0.25) is 0 Å². The molecular formula is C21H34N2O2. The highest BCUT2D eigenvalue weighted by Crippen LogP contribution is 2.65. The monoisotopic (exact) mass is 346 g/mol. The molecule has 0 heterocycles. The minimum atomic E-state index is 0.289. The minimum Gasteiger partial charge on any atom is -0.399 e. The second-order valence-electron chi connectivity index (χ2n) is 9.42. The topological polar surface area (TPSA) is 43.2 Å². The van der Waals surface area contributed by atoms with Crippen LogP contribution in [0.1, 0.15) is 71.6 Å². The van der Waals surface area contributed by atoms with Crippen molar-refractivity contribution < 1.29 is 9.68 Å². The van der Waals surface area contributed by atoms with Crippen LogP contribution >= 0.6 is 0 Å². The van der Waals surface area contributed by atoms with Crippen LogP contribution in [0.25, 0.3) is 0 Å². The lowest BCUT2D eigenvalue weighted by Gasteiger charge is -2.59. The summed E-state index contributed by atoms with van der Waals surface area (Å²) in [7, 11) is 3.38. The fourth-order valence-electron chi connectivity index (χ4n) is 7.32. The molecule has 0 aromatic heterocycles. The van der Waals surface area contributed by atoms with Gasteiger partial charge in [0.25, 0.3) is 0 Å². The molecule has 4 aliphatic rings. The highest BCUT2D eigenvalue weighted by molar-refractivity contribution is 5.92. The first-order valence-corrected chi connectivity index (χ1v) is 10.2. The molecule has 6 atom stereocenters. The van der Waals surface area contributed by atoms with Crippen LogP contribution < -0.4 is 0 Å². The molecule has 4 heteroatoms. The number of hydrogen-bond acceptors (Lipinski definition) is 4. The molecule has 4 rings (SSSR count). The van der Waals surface area contributed by atoms with Gasteiger partial charge in [-0.05, 0) is 86.9 Å². The van der Waals surface area contributed by atoms with E-state index in [0.717, 1.165) is 42.9 Å². The molecule has 0 aromatic carbocycles. The molecule has 0 unspecified atom stereocenters. The van der Waals surface area contributed by atoms with Crippen LogP contribution in [-0.2, 0) is 9.68 Å². The summed E-state index contributed by atoms with van der Waals surface area (Å²) in [4.78, 5) is 10.2. The molecule has 0 saturated heterocycles. The van der Waals surface area contributed by atoms with Crippen LogP contribution in [0.4, 0.5) is 0 Å². The Morgan fingerprint density at radius 3 is 2.44 bits per heavy atom. The average molecular weight is 347 g/mol. The maximum atomic E-state index is 5.18. The molecule has 4 fully saturated rings. The fourth-order valence-corrected chi connectivity index (χ4v) is 7.32. The quantitative estimate of drug-likeness (QED) is 0.658. The van der Waals surface area contributed by atoms with Crippen molar-refractivity contribution >= 4 is 11.4 Å². The first-order valence-electron chi connectivity index (χ1n) is 10.2. The zero-order valence-electron chi connectivity index (χ0n) is 16.4. The zero-order chi connectivity index (χ0) is 17.7. The van der Waals surface area contributed by atoms with Crippen molar-refractivity contribution in [2.24, 2.45) is 44.8 Å². The van der Waals surface area contributed by atoms with Crippen LogP contribution in [0, 0.1) is 34.5 Å². The van der Waals surface area contributed by atoms with E-state index in [4.69, 9.17) is 9.68 Å². The van der Waals surface area contributed by atoms with Crippen LogP contribution in [0.15, 0.2) is 10.3 Å². The highest BCUT2D eigenvalue weighted by atomic mass is 16.6. The number of oxime groups is 2. The van der Waals surface area contributed by atoms with Gasteiger partial charge in [0.2, 0.25) is 0 Å². The van der Waals surface area contributed by atoms with Gasteiger partial charge in [-0.2, -0.15) is 0 Å². The second-order valence-corrected chi connectivity index (χ2v) is 9.42. The standard InChI is InChI=1S/C21H34N2O2/c1-20-11-9-15(22-24-3)13-14(20)5-6-16-17-7-8-19(23-25-4)21(17,2)12-10-18(16)20/h14,16-18H,5-13H2,1-4H3/b22-15-,23-19-/t14-,16+,17+,18+,20+,21+/m1/s1. The summed E-state index contributed by atoms with van der Waals surface area (Å²) >= 11 is 0. The normalized spacial score (nSPS) is 49.4. The van der Waals surface area contributed by atoms with Crippen molar-refractivity contribution in [1.29, 1.82) is 0 Å². The van der Waals surface area contributed by atoms with E-state index >= 15 is 0 Å². The van der Waals surface area contributed by atoms with Gasteiger partial charge in [0.15, 0.2) is 0 Å². The van der Waals surface area contributed by atoms with Crippen LogP contribution in [-0.4, -0.2) is 25.6 Å². The van der Waals surface area contributed by atoms with E-state index in [1.807, 2.05) is 0 Å². The predicted octanol–water partition coefficient (Wildman–Crippen LogP) is 5.03. The van der Waals surface area contributed by atoms with Gasteiger partial charge in [0.1, 0.15) is 14.2 Å².